The van der Waals surface area contributed by atoms with E-state index in [9.17, 15) is 0 Å². The van der Waals surface area contributed by atoms with Crippen LogP contribution in [0.5, 0.6) is 0 Å². The minimum absolute atomic E-state index is 0. The van der Waals surface area contributed by atoms with Gasteiger partial charge in [0.2, 0.25) is 0 Å². The van der Waals surface area contributed by atoms with Crippen LogP contribution in [0, 0.1) is 12.4 Å². The van der Waals surface area contributed by atoms with Crippen molar-refractivity contribution in [2.75, 3.05) is 0 Å². The van der Waals surface area contributed by atoms with Gasteiger partial charge in [-0.1, -0.05) is 36.7 Å². The van der Waals surface area contributed by atoms with E-state index in [-0.39, 0.29) is 20.4 Å². The van der Waals surface area contributed by atoms with Gasteiger partial charge in [-0.25, -0.2) is 10.2 Å². The zero-order valence-electron chi connectivity index (χ0n) is 14.9. The monoisotopic (exact) mass is 502 g/mol. The molecule has 9 heteroatoms. The molecular formula is C19H14Cl2N6Pd. The quantitative estimate of drug-likeness (QED) is 0.311. The van der Waals surface area contributed by atoms with E-state index in [2.05, 4.69) is 36.4 Å². The van der Waals surface area contributed by atoms with Gasteiger partial charge < -0.3 is 9.36 Å². The van der Waals surface area contributed by atoms with Gasteiger partial charge in [0.1, 0.15) is 0 Å². The van der Waals surface area contributed by atoms with E-state index in [1.54, 1.807) is 12.1 Å². The number of hydrogen-bond acceptors (Lipinski definition) is 4. The Morgan fingerprint density at radius 3 is 1.57 bits per heavy atom. The van der Waals surface area contributed by atoms with Crippen molar-refractivity contribution in [3.63, 3.8) is 0 Å². The Bertz CT molecular complexity index is 1020. The molecule has 0 aromatic carbocycles. The number of pyridine rings is 2. The molecule has 4 heterocycles. The van der Waals surface area contributed by atoms with E-state index in [1.807, 2.05) is 36.4 Å². The van der Waals surface area contributed by atoms with Gasteiger partial charge in [0.15, 0.2) is 0 Å². The van der Waals surface area contributed by atoms with E-state index < -0.39 is 5.41 Å². The maximum absolute atomic E-state index is 5.89. The Morgan fingerprint density at radius 2 is 1.21 bits per heavy atom. The second-order valence-corrected chi connectivity index (χ2v) is 7.18. The Hall–Kier alpha value is -2.04. The van der Waals surface area contributed by atoms with Crippen molar-refractivity contribution < 1.29 is 20.4 Å². The van der Waals surface area contributed by atoms with E-state index in [0.29, 0.717) is 21.9 Å². The van der Waals surface area contributed by atoms with Crippen molar-refractivity contribution in [1.29, 1.82) is 0 Å². The fourth-order valence-electron chi connectivity index (χ4n) is 2.68. The minimum Gasteiger partial charge on any atom is -0.342 e. The molecule has 0 N–H and O–H groups in total. The van der Waals surface area contributed by atoms with Gasteiger partial charge in [-0.2, -0.15) is 0 Å². The van der Waals surface area contributed by atoms with Crippen molar-refractivity contribution in [2.24, 2.45) is 0 Å². The standard InChI is InChI=1S/C19H14Cl2N6.Pd/c1-19(2,13-5-3-7-17(22-13)26-11-9-15(20)24-26)14-6-4-8-18(23-14)27-12-10-16(21)25-27;/h3-10H,1-2H3;/q-2;+2. The Labute approximate surface area is 186 Å². The van der Waals surface area contributed by atoms with Crippen LogP contribution >= 0.6 is 23.2 Å². The second-order valence-electron chi connectivity index (χ2n) is 6.40. The summed E-state index contributed by atoms with van der Waals surface area (Å²) in [6.07, 6.45) is 5.88. The normalized spacial score (nSPS) is 11.3. The molecule has 0 spiro atoms. The molecule has 4 aromatic heterocycles. The first-order valence-electron chi connectivity index (χ1n) is 8.16. The van der Waals surface area contributed by atoms with Crippen LogP contribution in [0.25, 0.3) is 11.6 Å². The average molecular weight is 504 g/mol. The molecule has 4 aromatic rings. The third-order valence-electron chi connectivity index (χ3n) is 4.19. The molecule has 6 nitrogen and oxygen atoms in total. The molecule has 144 valence electrons. The smallest absolute Gasteiger partial charge is 0.342 e. The molecule has 4 rings (SSSR count). The van der Waals surface area contributed by atoms with Crippen molar-refractivity contribution in [2.45, 2.75) is 19.3 Å². The van der Waals surface area contributed by atoms with Gasteiger partial charge >= 0.3 is 20.4 Å². The summed E-state index contributed by atoms with van der Waals surface area (Å²) < 4.78 is 3.04. The van der Waals surface area contributed by atoms with Crippen molar-refractivity contribution >= 4 is 23.2 Å². The molecular weight excluding hydrogens is 490 g/mol. The van der Waals surface area contributed by atoms with Gasteiger partial charge in [-0.15, -0.1) is 35.3 Å². The van der Waals surface area contributed by atoms with Gasteiger partial charge in [0.25, 0.3) is 0 Å². The maximum atomic E-state index is 5.89. The van der Waals surface area contributed by atoms with E-state index in [0.717, 1.165) is 11.4 Å². The van der Waals surface area contributed by atoms with Crippen molar-refractivity contribution in [1.82, 2.24) is 29.5 Å². The summed E-state index contributed by atoms with van der Waals surface area (Å²) in [7, 11) is 0. The van der Waals surface area contributed by atoms with Crippen LogP contribution in [0.4, 0.5) is 0 Å². The Kier molecular flexibility index (Phi) is 6.01. The van der Waals surface area contributed by atoms with Gasteiger partial charge in [-0.3, -0.25) is 9.97 Å². The first kappa shape index (κ1) is 20.7. The van der Waals surface area contributed by atoms with Crippen LogP contribution in [-0.2, 0) is 25.8 Å². The van der Waals surface area contributed by atoms with Crippen LogP contribution < -0.4 is 0 Å². The minimum atomic E-state index is -0.458. The fraction of sp³-hybridized carbons (Fsp3) is 0.158. The van der Waals surface area contributed by atoms with E-state index in [4.69, 9.17) is 33.2 Å². The third-order valence-corrected chi connectivity index (χ3v) is 4.56. The summed E-state index contributed by atoms with van der Waals surface area (Å²) in [6.45, 7) is 4.12. The number of rotatable bonds is 4. The van der Waals surface area contributed by atoms with Crippen LogP contribution in [0.3, 0.4) is 0 Å². The molecule has 0 fully saturated rings. The van der Waals surface area contributed by atoms with Crippen molar-refractivity contribution in [3.05, 3.63) is 82.6 Å². The van der Waals surface area contributed by atoms with Gasteiger partial charge in [0.05, 0.1) is 11.6 Å². The largest absolute Gasteiger partial charge is 2.00 e. The third kappa shape index (κ3) is 4.03. The van der Waals surface area contributed by atoms with Crippen molar-refractivity contribution in [3.8, 4) is 11.6 Å². The van der Waals surface area contributed by atoms with E-state index >= 15 is 0 Å². The van der Waals surface area contributed by atoms with E-state index in [1.165, 1.54) is 9.36 Å². The summed E-state index contributed by atoms with van der Waals surface area (Å²) in [5.74, 6) is 1.27. The summed E-state index contributed by atoms with van der Waals surface area (Å²) in [4.78, 5) is 9.46. The molecule has 0 aliphatic heterocycles. The molecule has 28 heavy (non-hydrogen) atoms. The fourth-order valence-corrected chi connectivity index (χ4v) is 2.93. The molecule has 0 aliphatic carbocycles. The Morgan fingerprint density at radius 1 is 0.786 bits per heavy atom. The Balaban J connectivity index is 0.00000225. The number of aromatic nitrogens is 6. The molecule has 0 atom stereocenters. The average Bonchev–Trinajstić information content (AvgIpc) is 3.30. The predicted octanol–water partition coefficient (Wildman–Crippen LogP) is 4.08. The molecule has 0 unspecified atom stereocenters. The van der Waals surface area contributed by atoms with Crippen LogP contribution in [0.2, 0.25) is 10.3 Å². The summed E-state index contributed by atoms with van der Waals surface area (Å²) in [6, 6.07) is 14.7. The zero-order chi connectivity index (χ0) is 19.0. The molecule has 0 aliphatic rings. The molecule has 0 saturated carbocycles. The summed E-state index contributed by atoms with van der Waals surface area (Å²) in [5.41, 5.74) is 1.22. The number of halogens is 2. The second kappa shape index (κ2) is 8.14. The van der Waals surface area contributed by atoms with Crippen LogP contribution in [0.15, 0.2) is 48.5 Å². The predicted molar refractivity (Wildman–Crippen MR) is 103 cm³/mol. The maximum Gasteiger partial charge on any atom is 2.00 e. The molecule has 0 saturated heterocycles. The van der Waals surface area contributed by atoms with Gasteiger partial charge in [-0.05, 0) is 26.0 Å². The number of nitrogens with zero attached hydrogens (tertiary/aromatic N) is 6. The van der Waals surface area contributed by atoms with Crippen LogP contribution in [0.1, 0.15) is 25.2 Å². The zero-order valence-corrected chi connectivity index (χ0v) is 17.9. The topological polar surface area (TPSA) is 61.4 Å². The molecule has 0 bridgehead atoms. The first-order valence-corrected chi connectivity index (χ1v) is 8.91. The number of hydrogen-bond donors (Lipinski definition) is 0. The summed E-state index contributed by atoms with van der Waals surface area (Å²) >= 11 is 11.8. The molecule has 0 amide bonds. The SMILES string of the molecule is CC(C)(c1cccc(-n2[c-]cc(Cl)n2)n1)c1cccc(-n2[c-]cc(Cl)n2)n1.[Pd+2]. The van der Waals surface area contributed by atoms with Gasteiger partial charge in [0, 0.05) is 27.1 Å². The van der Waals surface area contributed by atoms with Crippen LogP contribution in [-0.4, -0.2) is 29.5 Å². The first-order chi connectivity index (χ1) is 12.9. The molecule has 0 radical (unpaired) electrons. The summed E-state index contributed by atoms with van der Waals surface area (Å²) in [5, 5.41) is 9.04.